The average molecular weight is 662 g/mol. The molecule has 0 spiro atoms. The molecule has 4 rings (SSSR count). The first-order chi connectivity index (χ1) is 21.5. The average Bonchev–Trinajstić information content (AvgIpc) is 2.92. The first kappa shape index (κ1) is 34.1. The maximum Gasteiger partial charge on any atom is 0.573 e. The molecule has 0 heterocycles. The van der Waals surface area contributed by atoms with Crippen LogP contribution in [-0.2, 0) is 12.5 Å². The molecule has 4 aromatic carbocycles. The van der Waals surface area contributed by atoms with E-state index in [4.69, 9.17) is 0 Å². The van der Waals surface area contributed by atoms with Crippen LogP contribution in [0.1, 0.15) is 42.0 Å². The van der Waals surface area contributed by atoms with E-state index < -0.39 is 81.4 Å². The van der Waals surface area contributed by atoms with E-state index in [9.17, 15) is 52.7 Å². The number of rotatable bonds is 8. The second-order valence-electron chi connectivity index (χ2n) is 9.68. The Morgan fingerprint density at radius 1 is 0.630 bits per heavy atom. The summed E-state index contributed by atoms with van der Waals surface area (Å²) in [5.74, 6) is -10.7. The van der Waals surface area contributed by atoms with Crippen molar-refractivity contribution < 1.29 is 62.2 Å². The van der Waals surface area contributed by atoms with Gasteiger partial charge in [0.1, 0.15) is 40.4 Å². The molecule has 0 aromatic heterocycles. The molecule has 0 atom stereocenters. The van der Waals surface area contributed by atoms with Crippen LogP contribution in [0, 0.1) is 52.6 Å². The van der Waals surface area contributed by atoms with Gasteiger partial charge in [0.15, 0.2) is 11.6 Å². The van der Waals surface area contributed by atoms with E-state index in [2.05, 4.69) is 21.3 Å². The van der Waals surface area contributed by atoms with Gasteiger partial charge in [0.05, 0.1) is 11.1 Å². The maximum absolute atomic E-state index is 14.9. The molecule has 4 aromatic rings. The molecule has 2 nitrogen and oxygen atoms in total. The van der Waals surface area contributed by atoms with Crippen molar-refractivity contribution in [1.82, 2.24) is 0 Å². The van der Waals surface area contributed by atoms with Crippen LogP contribution in [0.5, 0.6) is 11.5 Å². The smallest absolute Gasteiger partial charge is 0.429 e. The highest BCUT2D eigenvalue weighted by Gasteiger charge is 2.42. The molecule has 14 heteroatoms. The number of aryl methyl sites for hydroxylation is 1. The lowest BCUT2D eigenvalue weighted by Crippen LogP contribution is -2.25. The second-order valence-corrected chi connectivity index (χ2v) is 9.68. The summed E-state index contributed by atoms with van der Waals surface area (Å²) < 4.78 is 175. The van der Waals surface area contributed by atoms with Gasteiger partial charge in [0.25, 0.3) is 0 Å². The van der Waals surface area contributed by atoms with E-state index in [-0.39, 0.29) is 35.4 Å². The number of hydrogen-bond donors (Lipinski definition) is 0. The SMILES string of the molecule is CCCCc1ccc(C#Cc2cc(F)c(-c3cc(F)c(C(F)(F)Oc4cc(F)c(OC(F)(F)F)c(F)c4)c(F)c3)c(F)c2)c(F)c1. The van der Waals surface area contributed by atoms with Crippen LogP contribution in [0.4, 0.5) is 52.7 Å². The van der Waals surface area contributed by atoms with Gasteiger partial charge in [-0.1, -0.05) is 31.3 Å². The van der Waals surface area contributed by atoms with E-state index in [0.717, 1.165) is 18.4 Å². The molecule has 0 radical (unpaired) electrons. The van der Waals surface area contributed by atoms with Gasteiger partial charge in [-0.05, 0) is 60.4 Å². The topological polar surface area (TPSA) is 18.5 Å². The molecule has 242 valence electrons. The third-order valence-corrected chi connectivity index (χ3v) is 6.29. The molecule has 0 bridgehead atoms. The molecule has 0 N–H and O–H groups in total. The van der Waals surface area contributed by atoms with E-state index >= 15 is 0 Å². The van der Waals surface area contributed by atoms with E-state index in [1.165, 1.54) is 12.1 Å². The highest BCUT2D eigenvalue weighted by molar-refractivity contribution is 5.67. The Morgan fingerprint density at radius 3 is 1.74 bits per heavy atom. The van der Waals surface area contributed by atoms with Crippen LogP contribution < -0.4 is 9.47 Å². The van der Waals surface area contributed by atoms with Gasteiger partial charge in [0, 0.05) is 17.7 Å². The normalized spacial score (nSPS) is 11.7. The zero-order valence-corrected chi connectivity index (χ0v) is 23.2. The Bertz CT molecular complexity index is 1770. The van der Waals surface area contributed by atoms with Crippen molar-refractivity contribution in [2.24, 2.45) is 0 Å². The summed E-state index contributed by atoms with van der Waals surface area (Å²) in [6, 6.07) is 5.58. The van der Waals surface area contributed by atoms with E-state index in [1.54, 1.807) is 6.07 Å². The summed E-state index contributed by atoms with van der Waals surface area (Å²) in [7, 11) is 0. The van der Waals surface area contributed by atoms with Crippen LogP contribution in [0.15, 0.2) is 54.6 Å². The minimum absolute atomic E-state index is 0.0657. The molecule has 0 saturated heterocycles. The number of ether oxygens (including phenoxy) is 2. The third-order valence-electron chi connectivity index (χ3n) is 6.29. The molecule has 0 aliphatic heterocycles. The molecule has 0 unspecified atom stereocenters. The van der Waals surface area contributed by atoms with Crippen molar-refractivity contribution in [3.63, 3.8) is 0 Å². The van der Waals surface area contributed by atoms with Crippen molar-refractivity contribution in [2.45, 2.75) is 38.7 Å². The quantitative estimate of drug-likeness (QED) is 0.138. The van der Waals surface area contributed by atoms with Gasteiger partial charge in [-0.15, -0.1) is 13.2 Å². The number of unbranched alkanes of at least 4 members (excludes halogenated alkanes) is 1. The Hall–Kier alpha value is -4.80. The summed E-state index contributed by atoms with van der Waals surface area (Å²) in [6.07, 6.45) is -8.21. The Kier molecular flexibility index (Phi) is 9.84. The van der Waals surface area contributed by atoms with Gasteiger partial charge >= 0.3 is 12.5 Å². The predicted molar refractivity (Wildman–Crippen MR) is 140 cm³/mol. The first-order valence-electron chi connectivity index (χ1n) is 13.1. The summed E-state index contributed by atoms with van der Waals surface area (Å²) in [4.78, 5) is 0. The zero-order valence-electron chi connectivity index (χ0n) is 23.2. The fraction of sp³-hybridized carbons (Fsp3) is 0.188. The lowest BCUT2D eigenvalue weighted by molar-refractivity contribution is -0.276. The molecule has 0 amide bonds. The molecular formula is C32H18F12O2. The fourth-order valence-corrected chi connectivity index (χ4v) is 4.26. The van der Waals surface area contributed by atoms with E-state index in [1.807, 2.05) is 6.92 Å². The minimum Gasteiger partial charge on any atom is -0.429 e. The molecule has 0 aliphatic carbocycles. The molecule has 0 saturated carbocycles. The van der Waals surface area contributed by atoms with Crippen LogP contribution >= 0.6 is 0 Å². The number of hydrogen-bond acceptors (Lipinski definition) is 2. The molecular weight excluding hydrogens is 644 g/mol. The second kappa shape index (κ2) is 13.3. The highest BCUT2D eigenvalue weighted by atomic mass is 19.4. The maximum atomic E-state index is 14.9. The van der Waals surface area contributed by atoms with E-state index in [0.29, 0.717) is 18.6 Å². The van der Waals surface area contributed by atoms with Gasteiger partial charge in [-0.2, -0.15) is 8.78 Å². The van der Waals surface area contributed by atoms with Crippen LogP contribution in [0.2, 0.25) is 0 Å². The van der Waals surface area contributed by atoms with Crippen LogP contribution in [0.25, 0.3) is 11.1 Å². The fourth-order valence-electron chi connectivity index (χ4n) is 4.26. The highest BCUT2D eigenvalue weighted by Crippen LogP contribution is 2.40. The lowest BCUT2D eigenvalue weighted by atomic mass is 9.99. The number of benzene rings is 4. The van der Waals surface area contributed by atoms with Crippen LogP contribution in [0.3, 0.4) is 0 Å². The summed E-state index contributed by atoms with van der Waals surface area (Å²) in [6.45, 7) is 1.97. The Labute approximate surface area is 253 Å². The van der Waals surface area contributed by atoms with Gasteiger partial charge in [0.2, 0.25) is 5.75 Å². The minimum atomic E-state index is -5.55. The van der Waals surface area contributed by atoms with Gasteiger partial charge < -0.3 is 9.47 Å². The Morgan fingerprint density at radius 2 is 1.22 bits per heavy atom. The number of halogens is 12. The van der Waals surface area contributed by atoms with Gasteiger partial charge in [-0.25, -0.2) is 30.7 Å². The van der Waals surface area contributed by atoms with Crippen molar-refractivity contribution in [3.8, 4) is 34.5 Å². The van der Waals surface area contributed by atoms with Crippen molar-refractivity contribution in [2.75, 3.05) is 0 Å². The Balaban J connectivity index is 1.61. The first-order valence-corrected chi connectivity index (χ1v) is 13.1. The summed E-state index contributed by atoms with van der Waals surface area (Å²) >= 11 is 0. The standard InChI is InChI=1S/C32H18F12O2/c1-2-3-4-16-5-7-18(21(33)9-16)8-6-17-10-22(34)28(23(35)11-17)19-12-24(36)29(25(37)13-19)31(40,41)45-20-14-26(38)30(27(39)15-20)46-32(42,43)44/h5,7,9-15H,2-4H2,1H3. The summed E-state index contributed by atoms with van der Waals surface area (Å²) in [5.41, 5.74) is -3.71. The molecule has 0 fully saturated rings. The van der Waals surface area contributed by atoms with Crippen LogP contribution in [-0.4, -0.2) is 6.36 Å². The predicted octanol–water partition coefficient (Wildman–Crippen LogP) is 10.1. The number of alkyl halides is 5. The lowest BCUT2D eigenvalue weighted by Gasteiger charge is -2.21. The third kappa shape index (κ3) is 7.88. The van der Waals surface area contributed by atoms with Crippen molar-refractivity contribution in [1.29, 1.82) is 0 Å². The monoisotopic (exact) mass is 662 g/mol. The largest absolute Gasteiger partial charge is 0.573 e. The van der Waals surface area contributed by atoms with Crippen molar-refractivity contribution in [3.05, 3.63) is 118 Å². The van der Waals surface area contributed by atoms with Crippen molar-refractivity contribution >= 4 is 0 Å². The van der Waals surface area contributed by atoms with Gasteiger partial charge in [-0.3, -0.25) is 0 Å². The summed E-state index contributed by atoms with van der Waals surface area (Å²) in [5, 5.41) is 0. The zero-order chi connectivity index (χ0) is 34.0. The molecule has 46 heavy (non-hydrogen) atoms. The molecule has 0 aliphatic rings.